The zero-order chi connectivity index (χ0) is 16.9. The molecule has 0 spiro atoms. The molecular formula is C15H23ClN2O3S. The van der Waals surface area contributed by atoms with Crippen LogP contribution in [0.25, 0.3) is 0 Å². The van der Waals surface area contributed by atoms with Gasteiger partial charge in [-0.1, -0.05) is 24.6 Å². The number of carbonyl (C=O) groups is 1. The topological polar surface area (TPSA) is 57.7 Å². The highest BCUT2D eigenvalue weighted by molar-refractivity contribution is 7.92. The highest BCUT2D eigenvalue weighted by Crippen LogP contribution is 2.26. The summed E-state index contributed by atoms with van der Waals surface area (Å²) >= 11 is 5.97. The van der Waals surface area contributed by atoms with Crippen LogP contribution in [0, 0.1) is 0 Å². The predicted octanol–water partition coefficient (Wildman–Crippen LogP) is 2.75. The van der Waals surface area contributed by atoms with Crippen molar-refractivity contribution in [1.82, 2.24) is 4.90 Å². The fraction of sp³-hybridized carbons (Fsp3) is 0.533. The molecule has 124 valence electrons. The zero-order valence-electron chi connectivity index (χ0n) is 13.4. The third-order valence-electron chi connectivity index (χ3n) is 3.45. The molecule has 0 aromatic heterocycles. The van der Waals surface area contributed by atoms with Crippen molar-refractivity contribution in [3.05, 3.63) is 29.3 Å². The van der Waals surface area contributed by atoms with Crippen molar-refractivity contribution in [2.24, 2.45) is 0 Å². The van der Waals surface area contributed by atoms with Crippen molar-refractivity contribution in [2.45, 2.75) is 33.2 Å². The fourth-order valence-corrected chi connectivity index (χ4v) is 3.79. The molecular weight excluding hydrogens is 324 g/mol. The van der Waals surface area contributed by atoms with Crippen molar-refractivity contribution < 1.29 is 13.2 Å². The Bertz CT molecular complexity index is 615. The van der Waals surface area contributed by atoms with Gasteiger partial charge in [-0.3, -0.25) is 9.10 Å². The van der Waals surface area contributed by atoms with Crippen molar-refractivity contribution in [3.63, 3.8) is 0 Å². The molecule has 0 aliphatic heterocycles. The third-order valence-corrected chi connectivity index (χ3v) is 4.86. The number of rotatable bonds is 7. The van der Waals surface area contributed by atoms with Crippen LogP contribution in [-0.4, -0.2) is 44.6 Å². The van der Waals surface area contributed by atoms with E-state index in [1.807, 2.05) is 13.8 Å². The van der Waals surface area contributed by atoms with Gasteiger partial charge in [-0.25, -0.2) is 8.42 Å². The number of sulfonamides is 1. The lowest BCUT2D eigenvalue weighted by Gasteiger charge is -2.33. The van der Waals surface area contributed by atoms with E-state index in [1.165, 1.54) is 4.31 Å². The summed E-state index contributed by atoms with van der Waals surface area (Å²) in [6, 6.07) is 5.77. The number of likely N-dealkylation sites (N-methyl/N-ethyl adjacent to an activating group) is 1. The maximum Gasteiger partial charge on any atom is 0.246 e. The highest BCUT2D eigenvalue weighted by Gasteiger charge is 2.33. The van der Waals surface area contributed by atoms with Crippen molar-refractivity contribution in [2.75, 3.05) is 23.7 Å². The summed E-state index contributed by atoms with van der Waals surface area (Å²) in [4.78, 5) is 14.3. The summed E-state index contributed by atoms with van der Waals surface area (Å²) in [5.74, 6) is -0.196. The quantitative estimate of drug-likeness (QED) is 0.762. The van der Waals surface area contributed by atoms with Crippen LogP contribution in [0.15, 0.2) is 24.3 Å². The number of anilines is 1. The van der Waals surface area contributed by atoms with Gasteiger partial charge in [0.2, 0.25) is 15.9 Å². The van der Waals surface area contributed by atoms with Gasteiger partial charge in [-0.2, -0.15) is 0 Å². The van der Waals surface area contributed by atoms with Crippen LogP contribution in [0.4, 0.5) is 5.69 Å². The standard InChI is InChI=1S/C15H23ClN2O3S/c1-5-14(15(19)17(6-2)7-3)18(22(4,20)21)13-10-8-9-12(16)11-13/h8-11,14H,5-7H2,1-4H3. The van der Waals surface area contributed by atoms with Crippen LogP contribution in [0.5, 0.6) is 0 Å². The first-order valence-electron chi connectivity index (χ1n) is 7.29. The van der Waals surface area contributed by atoms with Gasteiger partial charge in [0, 0.05) is 18.1 Å². The van der Waals surface area contributed by atoms with E-state index in [9.17, 15) is 13.2 Å². The molecule has 0 aliphatic carbocycles. The summed E-state index contributed by atoms with van der Waals surface area (Å²) in [7, 11) is -3.61. The zero-order valence-corrected chi connectivity index (χ0v) is 15.0. The molecule has 0 aliphatic rings. The minimum atomic E-state index is -3.61. The van der Waals surface area contributed by atoms with Crippen LogP contribution < -0.4 is 4.31 Å². The van der Waals surface area contributed by atoms with Crippen LogP contribution >= 0.6 is 11.6 Å². The summed E-state index contributed by atoms with van der Waals surface area (Å²) in [6.45, 7) is 6.63. The Balaban J connectivity index is 3.34. The van der Waals surface area contributed by atoms with Crippen LogP contribution in [0.1, 0.15) is 27.2 Å². The lowest BCUT2D eigenvalue weighted by atomic mass is 10.1. The van der Waals surface area contributed by atoms with Gasteiger partial charge in [0.15, 0.2) is 0 Å². The first-order chi connectivity index (χ1) is 10.3. The third kappa shape index (κ3) is 4.36. The Morgan fingerprint density at radius 2 is 1.82 bits per heavy atom. The van der Waals surface area contributed by atoms with Gasteiger partial charge in [-0.15, -0.1) is 0 Å². The summed E-state index contributed by atoms with van der Waals surface area (Å²) in [5.41, 5.74) is 0.405. The van der Waals surface area contributed by atoms with Crippen LogP contribution in [-0.2, 0) is 14.8 Å². The van der Waals surface area contributed by atoms with Crippen molar-refractivity contribution in [3.8, 4) is 0 Å². The van der Waals surface area contributed by atoms with E-state index in [4.69, 9.17) is 11.6 Å². The number of halogens is 1. The molecule has 1 aromatic rings. The van der Waals surface area contributed by atoms with Crippen molar-refractivity contribution in [1.29, 1.82) is 0 Å². The summed E-state index contributed by atoms with van der Waals surface area (Å²) < 4.78 is 25.7. The molecule has 0 saturated carbocycles. The smallest absolute Gasteiger partial charge is 0.246 e. The highest BCUT2D eigenvalue weighted by atomic mass is 35.5. The number of hydrogen-bond acceptors (Lipinski definition) is 3. The first-order valence-corrected chi connectivity index (χ1v) is 9.52. The molecule has 1 rings (SSSR count). The van der Waals surface area contributed by atoms with E-state index in [0.717, 1.165) is 6.26 Å². The number of benzene rings is 1. The lowest BCUT2D eigenvalue weighted by molar-refractivity contribution is -0.132. The van der Waals surface area contributed by atoms with Crippen molar-refractivity contribution >= 4 is 33.2 Å². The largest absolute Gasteiger partial charge is 0.341 e. The molecule has 1 aromatic carbocycles. The minimum absolute atomic E-state index is 0.196. The number of hydrogen-bond donors (Lipinski definition) is 0. The van der Waals surface area contributed by atoms with Gasteiger partial charge in [0.25, 0.3) is 0 Å². The molecule has 22 heavy (non-hydrogen) atoms. The molecule has 0 fully saturated rings. The maximum atomic E-state index is 12.7. The average Bonchev–Trinajstić information content (AvgIpc) is 2.44. The van der Waals surface area contributed by atoms with Gasteiger partial charge < -0.3 is 4.90 Å². The molecule has 1 amide bonds. The average molecular weight is 347 g/mol. The molecule has 0 radical (unpaired) electrons. The molecule has 0 heterocycles. The SMILES string of the molecule is CCC(C(=O)N(CC)CC)N(c1cccc(Cl)c1)S(C)(=O)=O. The van der Waals surface area contributed by atoms with Crippen LogP contribution in [0.3, 0.4) is 0 Å². The minimum Gasteiger partial charge on any atom is -0.341 e. The maximum absolute atomic E-state index is 12.7. The molecule has 7 heteroatoms. The normalized spacial score (nSPS) is 12.8. The van der Waals surface area contributed by atoms with E-state index < -0.39 is 16.1 Å². The second-order valence-electron chi connectivity index (χ2n) is 4.97. The molecule has 0 bridgehead atoms. The molecule has 0 saturated heterocycles. The summed E-state index contributed by atoms with van der Waals surface area (Å²) in [6.07, 6.45) is 1.49. The Morgan fingerprint density at radius 1 is 1.23 bits per heavy atom. The second-order valence-corrected chi connectivity index (χ2v) is 7.27. The Hall–Kier alpha value is -1.27. The first kappa shape index (κ1) is 18.8. The molecule has 5 nitrogen and oxygen atoms in total. The predicted molar refractivity (Wildman–Crippen MR) is 90.8 cm³/mol. The molecule has 0 N–H and O–H groups in total. The van der Waals surface area contributed by atoms with Crippen LogP contribution in [0.2, 0.25) is 5.02 Å². The van der Waals surface area contributed by atoms with E-state index in [0.29, 0.717) is 30.2 Å². The Kier molecular flexibility index (Phi) is 6.68. The van der Waals surface area contributed by atoms with E-state index in [2.05, 4.69) is 0 Å². The van der Waals surface area contributed by atoms with E-state index in [1.54, 1.807) is 36.1 Å². The molecule has 1 atom stereocenters. The fourth-order valence-electron chi connectivity index (χ4n) is 2.40. The number of carbonyl (C=O) groups excluding carboxylic acids is 1. The van der Waals surface area contributed by atoms with Gasteiger partial charge in [0.05, 0.1) is 11.9 Å². The van der Waals surface area contributed by atoms with Gasteiger partial charge in [0.1, 0.15) is 6.04 Å². The van der Waals surface area contributed by atoms with E-state index >= 15 is 0 Å². The Morgan fingerprint density at radius 3 is 2.23 bits per heavy atom. The summed E-state index contributed by atoms with van der Waals surface area (Å²) in [5, 5.41) is 0.427. The molecule has 1 unspecified atom stereocenters. The van der Waals surface area contributed by atoms with Gasteiger partial charge in [-0.05, 0) is 38.5 Å². The lowest BCUT2D eigenvalue weighted by Crippen LogP contribution is -2.50. The number of amides is 1. The Labute approximate surface area is 137 Å². The van der Waals surface area contributed by atoms with Gasteiger partial charge >= 0.3 is 0 Å². The monoisotopic (exact) mass is 346 g/mol. The second kappa shape index (κ2) is 7.83. The van der Waals surface area contributed by atoms with E-state index in [-0.39, 0.29) is 5.91 Å². The number of nitrogens with zero attached hydrogens (tertiary/aromatic N) is 2.